The fourth-order valence-corrected chi connectivity index (χ4v) is 1.32. The Morgan fingerprint density at radius 3 is 3.08 bits per heavy atom. The third-order valence-corrected chi connectivity index (χ3v) is 2.38. The van der Waals surface area contributed by atoms with E-state index in [2.05, 4.69) is 15.0 Å². The predicted molar refractivity (Wildman–Crippen MR) is 46.2 cm³/mol. The molecule has 1 atom stereocenters. The van der Waals surface area contributed by atoms with E-state index < -0.39 is 0 Å². The Morgan fingerprint density at radius 1 is 1.77 bits per heavy atom. The van der Waals surface area contributed by atoms with Crippen LogP contribution in [0.25, 0.3) is 0 Å². The molecule has 0 radical (unpaired) electrons. The number of hydrogen-bond acceptors (Lipinski definition) is 3. The third-order valence-electron chi connectivity index (χ3n) is 2.38. The molecule has 1 aliphatic carbocycles. The molecule has 2 rings (SSSR count). The number of amides is 1. The van der Waals surface area contributed by atoms with Crippen LogP contribution >= 0.6 is 0 Å². The summed E-state index contributed by atoms with van der Waals surface area (Å²) in [6.45, 7) is 2.03. The second-order valence-electron chi connectivity index (χ2n) is 3.51. The van der Waals surface area contributed by atoms with Crippen LogP contribution in [0.1, 0.15) is 30.1 Å². The van der Waals surface area contributed by atoms with E-state index in [9.17, 15) is 4.79 Å². The second-order valence-corrected chi connectivity index (χ2v) is 3.51. The summed E-state index contributed by atoms with van der Waals surface area (Å²) in [5, 5.41) is 6.38. The molecule has 1 aromatic heterocycles. The van der Waals surface area contributed by atoms with Gasteiger partial charge in [0.05, 0.1) is 11.8 Å². The Morgan fingerprint density at radius 2 is 2.54 bits per heavy atom. The van der Waals surface area contributed by atoms with E-state index in [1.54, 1.807) is 0 Å². The highest BCUT2D eigenvalue weighted by Crippen LogP contribution is 2.32. The van der Waals surface area contributed by atoms with Crippen LogP contribution in [0.3, 0.4) is 0 Å². The fraction of sp³-hybridized carbons (Fsp3) is 0.556. The van der Waals surface area contributed by atoms with Crippen LogP contribution in [0.2, 0.25) is 0 Å². The van der Waals surface area contributed by atoms with Crippen molar-refractivity contribution in [2.24, 2.45) is 5.92 Å². The summed E-state index contributed by atoms with van der Waals surface area (Å²) in [5.74, 6) is 0.574. The fourth-order valence-electron chi connectivity index (χ4n) is 1.32. The number of carbonyl (C=O) groups is 1. The van der Waals surface area contributed by atoms with Crippen LogP contribution in [-0.4, -0.2) is 17.1 Å². The van der Waals surface area contributed by atoms with Gasteiger partial charge in [0.1, 0.15) is 6.26 Å². The van der Waals surface area contributed by atoms with Crippen molar-refractivity contribution < 1.29 is 9.32 Å². The standard InChI is InChI=1S/C9H12N2O2/c1-6(7-2-3-7)11-9(12)8-4-10-13-5-8/h4-7H,2-3H2,1H3,(H,11,12). The van der Waals surface area contributed by atoms with Crippen LogP contribution < -0.4 is 5.32 Å². The lowest BCUT2D eigenvalue weighted by Crippen LogP contribution is -2.33. The van der Waals surface area contributed by atoms with Gasteiger partial charge in [0.15, 0.2) is 0 Å². The van der Waals surface area contributed by atoms with E-state index >= 15 is 0 Å². The van der Waals surface area contributed by atoms with Gasteiger partial charge in [-0.3, -0.25) is 4.79 Å². The van der Waals surface area contributed by atoms with Gasteiger partial charge in [-0.15, -0.1) is 0 Å². The Hall–Kier alpha value is -1.32. The minimum atomic E-state index is -0.0966. The largest absolute Gasteiger partial charge is 0.364 e. The molecule has 0 aromatic carbocycles. The molecule has 1 amide bonds. The average Bonchev–Trinajstić information content (AvgIpc) is 2.81. The van der Waals surface area contributed by atoms with Crippen molar-refractivity contribution in [2.75, 3.05) is 0 Å². The zero-order chi connectivity index (χ0) is 9.26. The topological polar surface area (TPSA) is 55.1 Å². The lowest BCUT2D eigenvalue weighted by molar-refractivity contribution is 0.0935. The smallest absolute Gasteiger partial charge is 0.256 e. The van der Waals surface area contributed by atoms with Crippen molar-refractivity contribution in [3.63, 3.8) is 0 Å². The molecule has 70 valence electrons. The van der Waals surface area contributed by atoms with Crippen LogP contribution in [0.5, 0.6) is 0 Å². The van der Waals surface area contributed by atoms with E-state index in [4.69, 9.17) is 0 Å². The molecule has 1 N–H and O–H groups in total. The Balaban J connectivity index is 1.91. The lowest BCUT2D eigenvalue weighted by atomic mass is 10.2. The Kier molecular flexibility index (Phi) is 2.04. The average molecular weight is 180 g/mol. The molecule has 0 aliphatic heterocycles. The number of carbonyl (C=O) groups excluding carboxylic acids is 1. The van der Waals surface area contributed by atoms with Crippen molar-refractivity contribution in [3.05, 3.63) is 18.0 Å². The summed E-state index contributed by atoms with van der Waals surface area (Å²) in [5.41, 5.74) is 0.493. The molecule has 1 aliphatic rings. The third kappa shape index (κ3) is 1.88. The van der Waals surface area contributed by atoms with Gasteiger partial charge in [-0.05, 0) is 25.7 Å². The SMILES string of the molecule is CC(NC(=O)c1cnoc1)C1CC1. The molecule has 1 fully saturated rings. The van der Waals surface area contributed by atoms with Crippen LogP contribution in [0, 0.1) is 5.92 Å². The highest BCUT2D eigenvalue weighted by Gasteiger charge is 2.29. The highest BCUT2D eigenvalue weighted by molar-refractivity contribution is 5.93. The van der Waals surface area contributed by atoms with E-state index in [1.165, 1.54) is 25.3 Å². The number of hydrogen-bond donors (Lipinski definition) is 1. The van der Waals surface area contributed by atoms with Gasteiger partial charge in [-0.25, -0.2) is 0 Å². The lowest BCUT2D eigenvalue weighted by Gasteiger charge is -2.10. The highest BCUT2D eigenvalue weighted by atomic mass is 16.5. The monoisotopic (exact) mass is 180 g/mol. The van der Waals surface area contributed by atoms with Crippen molar-refractivity contribution in [1.29, 1.82) is 0 Å². The van der Waals surface area contributed by atoms with Gasteiger partial charge >= 0.3 is 0 Å². The maximum Gasteiger partial charge on any atom is 0.256 e. The van der Waals surface area contributed by atoms with Gasteiger partial charge in [-0.2, -0.15) is 0 Å². The molecule has 1 heterocycles. The van der Waals surface area contributed by atoms with Crippen molar-refractivity contribution in [3.8, 4) is 0 Å². The summed E-state index contributed by atoms with van der Waals surface area (Å²) in [4.78, 5) is 11.4. The molecule has 4 nitrogen and oxygen atoms in total. The molecular formula is C9H12N2O2. The molecule has 1 aromatic rings. The first kappa shape index (κ1) is 8.29. The molecular weight excluding hydrogens is 168 g/mol. The van der Waals surface area contributed by atoms with E-state index in [1.807, 2.05) is 6.92 Å². The number of nitrogens with zero attached hydrogens (tertiary/aromatic N) is 1. The summed E-state index contributed by atoms with van der Waals surface area (Å²) < 4.78 is 4.58. The van der Waals surface area contributed by atoms with E-state index in [0.717, 1.165) is 0 Å². The first-order chi connectivity index (χ1) is 6.27. The second kappa shape index (κ2) is 3.20. The molecule has 0 bridgehead atoms. The number of rotatable bonds is 3. The quantitative estimate of drug-likeness (QED) is 0.760. The summed E-state index contributed by atoms with van der Waals surface area (Å²) >= 11 is 0. The first-order valence-electron chi connectivity index (χ1n) is 4.47. The van der Waals surface area contributed by atoms with Crippen LogP contribution in [0.4, 0.5) is 0 Å². The zero-order valence-electron chi connectivity index (χ0n) is 7.49. The van der Waals surface area contributed by atoms with Crippen molar-refractivity contribution >= 4 is 5.91 Å². The van der Waals surface area contributed by atoms with Crippen molar-refractivity contribution in [2.45, 2.75) is 25.8 Å². The summed E-state index contributed by atoms with van der Waals surface area (Å²) in [7, 11) is 0. The van der Waals surface area contributed by atoms with Crippen LogP contribution in [-0.2, 0) is 0 Å². The molecule has 0 saturated heterocycles. The van der Waals surface area contributed by atoms with Crippen LogP contribution in [0.15, 0.2) is 17.0 Å². The first-order valence-corrected chi connectivity index (χ1v) is 4.47. The molecule has 1 saturated carbocycles. The normalized spacial score (nSPS) is 18.2. The number of aromatic nitrogens is 1. The zero-order valence-corrected chi connectivity index (χ0v) is 7.49. The van der Waals surface area contributed by atoms with Gasteiger partial charge < -0.3 is 9.84 Å². The van der Waals surface area contributed by atoms with Gasteiger partial charge in [0, 0.05) is 6.04 Å². The maximum atomic E-state index is 11.4. The van der Waals surface area contributed by atoms with E-state index in [-0.39, 0.29) is 11.9 Å². The molecule has 0 spiro atoms. The molecule has 1 unspecified atom stereocenters. The molecule has 13 heavy (non-hydrogen) atoms. The Bertz CT molecular complexity index is 291. The maximum absolute atomic E-state index is 11.4. The molecule has 4 heteroatoms. The minimum Gasteiger partial charge on any atom is -0.364 e. The number of nitrogens with one attached hydrogen (secondary N) is 1. The van der Waals surface area contributed by atoms with E-state index in [0.29, 0.717) is 11.5 Å². The Labute approximate surface area is 76.3 Å². The summed E-state index contributed by atoms with van der Waals surface area (Å²) in [6.07, 6.45) is 5.24. The van der Waals surface area contributed by atoms with Gasteiger partial charge in [-0.1, -0.05) is 5.16 Å². The minimum absolute atomic E-state index is 0.0966. The van der Waals surface area contributed by atoms with Gasteiger partial charge in [0.2, 0.25) is 0 Å². The van der Waals surface area contributed by atoms with Gasteiger partial charge in [0.25, 0.3) is 5.91 Å². The van der Waals surface area contributed by atoms with Crippen molar-refractivity contribution in [1.82, 2.24) is 10.5 Å². The predicted octanol–water partition coefficient (Wildman–Crippen LogP) is 1.20. The summed E-state index contributed by atoms with van der Waals surface area (Å²) in [6, 6.07) is 0.266.